The third-order valence-electron chi connectivity index (χ3n) is 7.96. The average Bonchev–Trinajstić information content (AvgIpc) is 3.60. The third kappa shape index (κ3) is 4.31. The molecule has 1 saturated heterocycles. The van der Waals surface area contributed by atoms with Crippen molar-refractivity contribution in [3.05, 3.63) is 58.9 Å². The van der Waals surface area contributed by atoms with Crippen molar-refractivity contribution in [1.29, 1.82) is 0 Å². The number of aromatic nitrogens is 2. The first kappa shape index (κ1) is 23.8. The molecule has 2 amide bonds. The van der Waals surface area contributed by atoms with Crippen LogP contribution in [-0.4, -0.2) is 65.9 Å². The molecule has 0 radical (unpaired) electrons. The minimum atomic E-state index is -0.344. The third-order valence-corrected chi connectivity index (χ3v) is 7.96. The highest BCUT2D eigenvalue weighted by atomic mass is 16.5. The monoisotopic (exact) mass is 502 g/mol. The molecule has 194 valence electrons. The standard InChI is InChI=1S/C28H34N6O3/c1-18(35)32-12-9-26-23(16-32)27(31-34(26)22-10-13-37-17-22)33-11-3-4-20-14-19(6-8-25(20)33)21-5-7-24(30-15-21)28(36)29-2/h5-8,14-15,22,24,30H,3-4,9-13,16-17H2,1-2H3,(H,29,36). The second-order valence-electron chi connectivity index (χ2n) is 10.2. The number of rotatable bonds is 4. The summed E-state index contributed by atoms with van der Waals surface area (Å²) in [5, 5.41) is 11.0. The number of hydrogen-bond acceptors (Lipinski definition) is 6. The minimum absolute atomic E-state index is 0.0529. The zero-order valence-electron chi connectivity index (χ0n) is 21.5. The molecular formula is C28H34N6O3. The Morgan fingerprint density at radius 1 is 1.22 bits per heavy atom. The van der Waals surface area contributed by atoms with Crippen molar-refractivity contribution >= 4 is 28.9 Å². The van der Waals surface area contributed by atoms with E-state index in [1.165, 1.54) is 22.5 Å². The predicted molar refractivity (Wildman–Crippen MR) is 141 cm³/mol. The molecule has 0 aliphatic carbocycles. The van der Waals surface area contributed by atoms with Crippen LogP contribution in [0.5, 0.6) is 0 Å². The number of ether oxygens (including phenoxy) is 1. The summed E-state index contributed by atoms with van der Waals surface area (Å²) in [6.45, 7) is 5.35. The molecule has 37 heavy (non-hydrogen) atoms. The maximum atomic E-state index is 12.2. The molecule has 1 aromatic carbocycles. The van der Waals surface area contributed by atoms with Gasteiger partial charge in [-0.3, -0.25) is 14.3 Å². The SMILES string of the molecule is CNC(=O)C1C=CC(c2ccc3c(c2)CCCN3c2nn(C3CCOC3)c3c2CN(C(C)=O)CC3)=CN1. The average molecular weight is 503 g/mol. The van der Waals surface area contributed by atoms with E-state index in [4.69, 9.17) is 9.84 Å². The number of nitrogens with zero attached hydrogens (tertiary/aromatic N) is 4. The molecule has 0 bridgehead atoms. The van der Waals surface area contributed by atoms with Gasteiger partial charge in [-0.25, -0.2) is 0 Å². The van der Waals surface area contributed by atoms with Crippen LogP contribution in [0.2, 0.25) is 0 Å². The second kappa shape index (κ2) is 9.70. The number of allylic oxidation sites excluding steroid dienone is 2. The lowest BCUT2D eigenvalue weighted by Crippen LogP contribution is -2.40. The van der Waals surface area contributed by atoms with Crippen LogP contribution in [0.1, 0.15) is 48.2 Å². The first-order valence-corrected chi connectivity index (χ1v) is 13.2. The molecule has 0 spiro atoms. The number of nitrogens with one attached hydrogen (secondary N) is 2. The van der Waals surface area contributed by atoms with Crippen LogP contribution in [-0.2, 0) is 33.7 Å². The fourth-order valence-electron chi connectivity index (χ4n) is 5.91. The highest BCUT2D eigenvalue weighted by Gasteiger charge is 2.33. The largest absolute Gasteiger partial charge is 0.379 e. The zero-order valence-corrected chi connectivity index (χ0v) is 21.5. The number of dihydropyridines is 1. The summed E-state index contributed by atoms with van der Waals surface area (Å²) < 4.78 is 7.89. The highest BCUT2D eigenvalue weighted by molar-refractivity contribution is 5.87. The van der Waals surface area contributed by atoms with E-state index in [9.17, 15) is 9.59 Å². The predicted octanol–water partition coefficient (Wildman–Crippen LogP) is 2.45. The van der Waals surface area contributed by atoms with Gasteiger partial charge in [0.1, 0.15) is 6.04 Å². The number of carbonyl (C=O) groups excluding carboxylic acids is 2. The molecule has 1 aromatic heterocycles. The smallest absolute Gasteiger partial charge is 0.246 e. The van der Waals surface area contributed by atoms with Crippen molar-refractivity contribution in [3.63, 3.8) is 0 Å². The number of amides is 2. The summed E-state index contributed by atoms with van der Waals surface area (Å²) >= 11 is 0. The van der Waals surface area contributed by atoms with E-state index in [1.807, 2.05) is 23.3 Å². The van der Waals surface area contributed by atoms with Gasteiger partial charge in [0.15, 0.2) is 5.82 Å². The number of hydrogen-bond donors (Lipinski definition) is 2. The molecule has 2 aromatic rings. The molecule has 1 fully saturated rings. The Bertz CT molecular complexity index is 1290. The lowest BCUT2D eigenvalue weighted by molar-refractivity contribution is -0.129. The first-order valence-electron chi connectivity index (χ1n) is 13.2. The second-order valence-corrected chi connectivity index (χ2v) is 10.2. The minimum Gasteiger partial charge on any atom is -0.379 e. The van der Waals surface area contributed by atoms with Gasteiger partial charge in [0.05, 0.1) is 19.2 Å². The lowest BCUT2D eigenvalue weighted by Gasteiger charge is -2.33. The lowest BCUT2D eigenvalue weighted by atomic mass is 9.94. The molecule has 9 nitrogen and oxygen atoms in total. The Morgan fingerprint density at radius 3 is 2.84 bits per heavy atom. The number of fused-ring (bicyclic) bond motifs is 2. The van der Waals surface area contributed by atoms with Gasteiger partial charge in [0, 0.05) is 63.2 Å². The van der Waals surface area contributed by atoms with Gasteiger partial charge < -0.3 is 25.2 Å². The fraction of sp³-hybridized carbons (Fsp3) is 0.464. The normalized spacial score (nSPS) is 22.7. The van der Waals surface area contributed by atoms with Crippen molar-refractivity contribution in [3.8, 4) is 0 Å². The van der Waals surface area contributed by atoms with Gasteiger partial charge >= 0.3 is 0 Å². The number of carbonyl (C=O) groups is 2. The van der Waals surface area contributed by atoms with Crippen LogP contribution in [0.3, 0.4) is 0 Å². The van der Waals surface area contributed by atoms with E-state index in [0.717, 1.165) is 62.3 Å². The van der Waals surface area contributed by atoms with Gasteiger partial charge in [0.25, 0.3) is 0 Å². The number of aryl methyl sites for hydroxylation is 1. The topological polar surface area (TPSA) is 91.7 Å². The van der Waals surface area contributed by atoms with Crippen LogP contribution < -0.4 is 15.5 Å². The summed E-state index contributed by atoms with van der Waals surface area (Å²) in [7, 11) is 1.64. The van der Waals surface area contributed by atoms with E-state index in [1.54, 1.807) is 14.0 Å². The van der Waals surface area contributed by atoms with Gasteiger partial charge in [-0.15, -0.1) is 0 Å². The van der Waals surface area contributed by atoms with Gasteiger partial charge in [-0.05, 0) is 48.1 Å². The fourth-order valence-corrected chi connectivity index (χ4v) is 5.91. The maximum absolute atomic E-state index is 12.2. The van der Waals surface area contributed by atoms with Crippen LogP contribution in [0.25, 0.3) is 5.57 Å². The molecular weight excluding hydrogens is 468 g/mol. The van der Waals surface area contributed by atoms with Crippen LogP contribution in [0.15, 0.2) is 36.6 Å². The summed E-state index contributed by atoms with van der Waals surface area (Å²) in [5.74, 6) is 1.04. The van der Waals surface area contributed by atoms with Crippen molar-refractivity contribution in [2.75, 3.05) is 38.3 Å². The van der Waals surface area contributed by atoms with E-state index < -0.39 is 0 Å². The summed E-state index contributed by atoms with van der Waals surface area (Å²) in [6, 6.07) is 6.51. The molecule has 2 unspecified atom stereocenters. The molecule has 9 heteroatoms. The molecule has 5 heterocycles. The van der Waals surface area contributed by atoms with Crippen molar-refractivity contribution in [2.45, 2.75) is 51.2 Å². The molecule has 4 aliphatic rings. The molecule has 6 rings (SSSR count). The van der Waals surface area contributed by atoms with Crippen molar-refractivity contribution < 1.29 is 14.3 Å². The van der Waals surface area contributed by atoms with Gasteiger partial charge in [-0.1, -0.05) is 18.2 Å². The van der Waals surface area contributed by atoms with Gasteiger partial charge in [0.2, 0.25) is 11.8 Å². The number of benzene rings is 1. The van der Waals surface area contributed by atoms with E-state index >= 15 is 0 Å². The van der Waals surface area contributed by atoms with Gasteiger partial charge in [-0.2, -0.15) is 5.10 Å². The van der Waals surface area contributed by atoms with Crippen LogP contribution in [0.4, 0.5) is 11.5 Å². The van der Waals surface area contributed by atoms with Crippen LogP contribution >= 0.6 is 0 Å². The van der Waals surface area contributed by atoms with Crippen molar-refractivity contribution in [2.24, 2.45) is 0 Å². The summed E-state index contributed by atoms with van der Waals surface area (Å²) in [5.41, 5.74) is 7.08. The Kier molecular flexibility index (Phi) is 6.24. The van der Waals surface area contributed by atoms with E-state index in [-0.39, 0.29) is 23.9 Å². The number of anilines is 2. The zero-order chi connectivity index (χ0) is 25.5. The van der Waals surface area contributed by atoms with Crippen molar-refractivity contribution in [1.82, 2.24) is 25.3 Å². The Morgan fingerprint density at radius 2 is 2.11 bits per heavy atom. The summed E-state index contributed by atoms with van der Waals surface area (Å²) in [6.07, 6.45) is 9.66. The Labute approximate surface area is 217 Å². The molecule has 0 saturated carbocycles. The number of likely N-dealkylation sites (N-methyl/N-ethyl adjacent to an activating group) is 1. The van der Waals surface area contributed by atoms with Crippen LogP contribution in [0, 0.1) is 0 Å². The Balaban J connectivity index is 1.33. The quantitative estimate of drug-likeness (QED) is 0.668. The molecule has 2 atom stereocenters. The highest BCUT2D eigenvalue weighted by Crippen LogP contribution is 2.40. The van der Waals surface area contributed by atoms with E-state index in [2.05, 4.69) is 38.4 Å². The first-order chi connectivity index (χ1) is 18.0. The maximum Gasteiger partial charge on any atom is 0.246 e. The molecule has 4 aliphatic heterocycles. The van der Waals surface area contributed by atoms with E-state index in [0.29, 0.717) is 13.2 Å². The Hall–Kier alpha value is -3.59. The molecule has 2 N–H and O–H groups in total. The summed E-state index contributed by atoms with van der Waals surface area (Å²) in [4.78, 5) is 28.4.